The lowest BCUT2D eigenvalue weighted by Crippen LogP contribution is -2.38. The van der Waals surface area contributed by atoms with E-state index in [1.807, 2.05) is 42.5 Å². The fourth-order valence-corrected chi connectivity index (χ4v) is 2.06. The minimum Gasteiger partial charge on any atom is -0.344 e. The molecule has 0 spiro atoms. The number of nitrogens with zero attached hydrogens (tertiary/aromatic N) is 2. The number of amides is 2. The molecular weight excluding hydrogens is 302 g/mol. The van der Waals surface area contributed by atoms with Crippen LogP contribution in [0.5, 0.6) is 0 Å². The Balaban J connectivity index is 1.71. The minimum atomic E-state index is -0.283. The highest BCUT2D eigenvalue weighted by Crippen LogP contribution is 2.01. The Labute approximate surface area is 142 Å². The first-order valence-corrected chi connectivity index (χ1v) is 7.79. The molecule has 0 fully saturated rings. The van der Waals surface area contributed by atoms with Gasteiger partial charge in [0, 0.05) is 32.1 Å². The maximum Gasteiger partial charge on any atom is 0.244 e. The molecule has 0 bridgehead atoms. The van der Waals surface area contributed by atoms with Crippen LogP contribution < -0.4 is 5.32 Å². The van der Waals surface area contributed by atoms with Crippen molar-refractivity contribution in [1.82, 2.24) is 15.2 Å². The summed E-state index contributed by atoms with van der Waals surface area (Å²) >= 11 is 0. The number of hydrogen-bond acceptors (Lipinski definition) is 3. The molecule has 0 radical (unpaired) electrons. The summed E-state index contributed by atoms with van der Waals surface area (Å²) in [5.41, 5.74) is 2.06. The molecule has 0 aliphatic heterocycles. The second-order valence-corrected chi connectivity index (χ2v) is 5.38. The van der Waals surface area contributed by atoms with Gasteiger partial charge in [0.05, 0.1) is 6.54 Å². The van der Waals surface area contributed by atoms with E-state index in [1.54, 1.807) is 30.4 Å². The number of aromatic nitrogens is 1. The van der Waals surface area contributed by atoms with Gasteiger partial charge in [-0.05, 0) is 35.8 Å². The first-order chi connectivity index (χ1) is 11.6. The SMILES string of the molecule is CN(CCc1ccncc1)C(=O)CNC(=O)/C=C/c1ccccc1. The number of benzene rings is 1. The summed E-state index contributed by atoms with van der Waals surface area (Å²) in [6, 6.07) is 13.4. The van der Waals surface area contributed by atoms with Gasteiger partial charge in [-0.25, -0.2) is 0 Å². The van der Waals surface area contributed by atoms with Crippen molar-refractivity contribution in [1.29, 1.82) is 0 Å². The zero-order valence-electron chi connectivity index (χ0n) is 13.7. The molecule has 0 saturated heterocycles. The summed E-state index contributed by atoms with van der Waals surface area (Å²) in [6.45, 7) is 0.587. The Morgan fingerprint density at radius 2 is 1.83 bits per heavy atom. The first-order valence-electron chi connectivity index (χ1n) is 7.79. The molecule has 5 nitrogen and oxygen atoms in total. The van der Waals surface area contributed by atoms with Gasteiger partial charge in [-0.15, -0.1) is 0 Å². The van der Waals surface area contributed by atoms with Crippen molar-refractivity contribution >= 4 is 17.9 Å². The Hall–Kier alpha value is -2.95. The molecule has 1 aromatic heterocycles. The number of hydrogen-bond donors (Lipinski definition) is 1. The zero-order chi connectivity index (χ0) is 17.2. The van der Waals surface area contributed by atoms with Crippen LogP contribution in [0.3, 0.4) is 0 Å². The average molecular weight is 323 g/mol. The van der Waals surface area contributed by atoms with E-state index in [4.69, 9.17) is 0 Å². The van der Waals surface area contributed by atoms with Gasteiger partial charge in [0.2, 0.25) is 11.8 Å². The minimum absolute atomic E-state index is 0.00912. The van der Waals surface area contributed by atoms with E-state index >= 15 is 0 Å². The van der Waals surface area contributed by atoms with Crippen LogP contribution in [0.15, 0.2) is 60.9 Å². The van der Waals surface area contributed by atoms with Crippen molar-refractivity contribution in [2.24, 2.45) is 0 Å². The molecule has 0 aliphatic carbocycles. The molecule has 0 aliphatic rings. The molecule has 5 heteroatoms. The van der Waals surface area contributed by atoms with Crippen LogP contribution in [0.4, 0.5) is 0 Å². The van der Waals surface area contributed by atoms with Gasteiger partial charge < -0.3 is 10.2 Å². The molecule has 24 heavy (non-hydrogen) atoms. The zero-order valence-corrected chi connectivity index (χ0v) is 13.7. The summed E-state index contributed by atoms with van der Waals surface area (Å²) in [5, 5.41) is 2.60. The van der Waals surface area contributed by atoms with Gasteiger partial charge >= 0.3 is 0 Å². The van der Waals surface area contributed by atoms with E-state index in [2.05, 4.69) is 10.3 Å². The smallest absolute Gasteiger partial charge is 0.244 e. The number of carbonyl (C=O) groups excluding carboxylic acids is 2. The predicted octanol–water partition coefficient (Wildman–Crippen LogP) is 1.91. The van der Waals surface area contributed by atoms with E-state index in [0.717, 1.165) is 17.5 Å². The van der Waals surface area contributed by atoms with E-state index in [9.17, 15) is 9.59 Å². The maximum absolute atomic E-state index is 12.0. The normalized spacial score (nSPS) is 10.5. The second-order valence-electron chi connectivity index (χ2n) is 5.38. The summed E-state index contributed by atoms with van der Waals surface area (Å²) in [4.78, 5) is 29.3. The summed E-state index contributed by atoms with van der Waals surface area (Å²) in [6.07, 6.45) is 7.37. The van der Waals surface area contributed by atoms with Gasteiger partial charge in [0.15, 0.2) is 0 Å². The van der Waals surface area contributed by atoms with Crippen LogP contribution in [-0.4, -0.2) is 41.8 Å². The topological polar surface area (TPSA) is 62.3 Å². The quantitative estimate of drug-likeness (QED) is 0.792. The maximum atomic E-state index is 12.0. The number of pyridine rings is 1. The second kappa shape index (κ2) is 9.25. The average Bonchev–Trinajstić information content (AvgIpc) is 2.64. The van der Waals surface area contributed by atoms with Crippen LogP contribution >= 0.6 is 0 Å². The van der Waals surface area contributed by atoms with E-state index in [-0.39, 0.29) is 18.4 Å². The Bertz CT molecular complexity index is 684. The Morgan fingerprint density at radius 3 is 2.54 bits per heavy atom. The van der Waals surface area contributed by atoms with Crippen molar-refractivity contribution < 1.29 is 9.59 Å². The van der Waals surface area contributed by atoms with Gasteiger partial charge in [0.1, 0.15) is 0 Å². The highest BCUT2D eigenvalue weighted by molar-refractivity contribution is 5.94. The van der Waals surface area contributed by atoms with Crippen molar-refractivity contribution in [3.63, 3.8) is 0 Å². The van der Waals surface area contributed by atoms with Crippen LogP contribution in [0.2, 0.25) is 0 Å². The van der Waals surface area contributed by atoms with Gasteiger partial charge in [0.25, 0.3) is 0 Å². The van der Waals surface area contributed by atoms with Gasteiger partial charge in [-0.1, -0.05) is 30.3 Å². The predicted molar refractivity (Wildman–Crippen MR) is 94.1 cm³/mol. The molecule has 0 atom stereocenters. The largest absolute Gasteiger partial charge is 0.344 e. The Kier molecular flexibility index (Phi) is 6.71. The van der Waals surface area contributed by atoms with Gasteiger partial charge in [-0.3, -0.25) is 14.6 Å². The first kappa shape index (κ1) is 17.4. The third kappa shape index (κ3) is 6.04. The third-order valence-corrected chi connectivity index (χ3v) is 3.55. The number of nitrogens with one attached hydrogen (secondary N) is 1. The summed E-state index contributed by atoms with van der Waals surface area (Å²) < 4.78 is 0. The summed E-state index contributed by atoms with van der Waals surface area (Å²) in [7, 11) is 1.73. The van der Waals surface area contributed by atoms with Crippen LogP contribution in [0, 0.1) is 0 Å². The highest BCUT2D eigenvalue weighted by atomic mass is 16.2. The molecule has 124 valence electrons. The number of rotatable bonds is 7. The van der Waals surface area contributed by atoms with Crippen molar-refractivity contribution in [3.05, 3.63) is 72.1 Å². The molecule has 0 saturated carbocycles. The molecule has 2 amide bonds. The van der Waals surface area contributed by atoms with Crippen molar-refractivity contribution in [2.45, 2.75) is 6.42 Å². The molecule has 1 N–H and O–H groups in total. The van der Waals surface area contributed by atoms with E-state index in [0.29, 0.717) is 6.54 Å². The van der Waals surface area contributed by atoms with Crippen LogP contribution in [0.25, 0.3) is 6.08 Å². The molecule has 2 rings (SSSR count). The number of likely N-dealkylation sites (N-methyl/N-ethyl adjacent to an activating group) is 1. The molecule has 2 aromatic rings. The molecule has 0 unspecified atom stereocenters. The Morgan fingerprint density at radius 1 is 1.12 bits per heavy atom. The molecule has 1 aromatic carbocycles. The standard InChI is InChI=1S/C19H21N3O2/c1-22(14-11-17-9-12-20-13-10-17)19(24)15-21-18(23)8-7-16-5-3-2-4-6-16/h2-10,12-13H,11,14-15H2,1H3,(H,21,23)/b8-7+. The lowest BCUT2D eigenvalue weighted by molar-refractivity contribution is -0.130. The van der Waals surface area contributed by atoms with Crippen molar-refractivity contribution in [3.8, 4) is 0 Å². The van der Waals surface area contributed by atoms with E-state index < -0.39 is 0 Å². The number of carbonyl (C=O) groups is 2. The lowest BCUT2D eigenvalue weighted by atomic mass is 10.2. The molecule has 1 heterocycles. The lowest BCUT2D eigenvalue weighted by Gasteiger charge is -2.17. The van der Waals surface area contributed by atoms with Crippen LogP contribution in [0.1, 0.15) is 11.1 Å². The van der Waals surface area contributed by atoms with E-state index in [1.165, 1.54) is 6.08 Å². The summed E-state index contributed by atoms with van der Waals surface area (Å²) in [5.74, 6) is -0.403. The van der Waals surface area contributed by atoms with Crippen molar-refractivity contribution in [2.75, 3.05) is 20.1 Å². The highest BCUT2D eigenvalue weighted by Gasteiger charge is 2.09. The monoisotopic (exact) mass is 323 g/mol. The fraction of sp³-hybridized carbons (Fsp3) is 0.211. The fourth-order valence-electron chi connectivity index (χ4n) is 2.06. The third-order valence-electron chi connectivity index (χ3n) is 3.55. The van der Waals surface area contributed by atoms with Gasteiger partial charge in [-0.2, -0.15) is 0 Å². The molecular formula is C19H21N3O2. The van der Waals surface area contributed by atoms with Crippen LogP contribution in [-0.2, 0) is 16.0 Å².